The lowest BCUT2D eigenvalue weighted by Gasteiger charge is -2.10. The van der Waals surface area contributed by atoms with Gasteiger partial charge in [-0.1, -0.05) is 35.4 Å². The van der Waals surface area contributed by atoms with Crippen LogP contribution in [0.3, 0.4) is 0 Å². The van der Waals surface area contributed by atoms with Crippen molar-refractivity contribution in [3.63, 3.8) is 0 Å². The third-order valence-corrected chi connectivity index (χ3v) is 5.76. The van der Waals surface area contributed by atoms with Crippen LogP contribution in [0.5, 0.6) is 0 Å². The molecule has 4 rings (SSSR count). The second-order valence-electron chi connectivity index (χ2n) is 6.30. The molecule has 0 bridgehead atoms. The van der Waals surface area contributed by atoms with Crippen molar-refractivity contribution in [1.82, 2.24) is 20.2 Å². The van der Waals surface area contributed by atoms with Crippen LogP contribution in [0.15, 0.2) is 82.7 Å². The van der Waals surface area contributed by atoms with Crippen molar-refractivity contribution in [2.45, 2.75) is 9.79 Å². The first kappa shape index (κ1) is 22.0. The Bertz CT molecular complexity index is 1320. The lowest BCUT2D eigenvalue weighted by atomic mass is 10.0. The molecule has 0 unspecified atom stereocenters. The molecule has 0 amide bonds. The van der Waals surface area contributed by atoms with E-state index in [9.17, 15) is 13.0 Å². The van der Waals surface area contributed by atoms with E-state index in [1.165, 1.54) is 24.3 Å². The van der Waals surface area contributed by atoms with E-state index in [-0.39, 0.29) is 4.90 Å². The van der Waals surface area contributed by atoms with Crippen molar-refractivity contribution in [1.29, 1.82) is 0 Å². The standard InChI is InChI=1S/C20H14N4O6S2/c25-29-30-31-15-8-4-14(5-9-15)19-18(13-6-10-16(11-7-13)32(26,27)28)22-20(24-23-19)17-3-1-2-12-21-17/h1-12,25H,(H,26,27,28). The van der Waals surface area contributed by atoms with E-state index in [0.717, 1.165) is 12.0 Å². The number of nitrogens with zero attached hydrogens (tertiary/aromatic N) is 4. The number of benzene rings is 2. The highest BCUT2D eigenvalue weighted by atomic mass is 32.2. The van der Waals surface area contributed by atoms with E-state index in [2.05, 4.69) is 29.5 Å². The maximum atomic E-state index is 11.4. The molecule has 0 atom stereocenters. The van der Waals surface area contributed by atoms with Crippen LogP contribution in [0.25, 0.3) is 34.0 Å². The summed E-state index contributed by atoms with van der Waals surface area (Å²) in [4.78, 5) is 9.29. The lowest BCUT2D eigenvalue weighted by molar-refractivity contribution is -0.432. The molecule has 32 heavy (non-hydrogen) atoms. The van der Waals surface area contributed by atoms with Crippen molar-refractivity contribution in [2.24, 2.45) is 0 Å². The molecular weight excluding hydrogens is 456 g/mol. The molecule has 2 heterocycles. The third-order valence-electron chi connectivity index (χ3n) is 4.29. The zero-order chi connectivity index (χ0) is 22.6. The molecule has 0 aliphatic carbocycles. The molecule has 0 aliphatic heterocycles. The van der Waals surface area contributed by atoms with E-state index in [0.29, 0.717) is 38.9 Å². The summed E-state index contributed by atoms with van der Waals surface area (Å²) in [5.74, 6) is 0.295. The molecule has 0 aliphatic rings. The van der Waals surface area contributed by atoms with Gasteiger partial charge in [-0.2, -0.15) is 8.42 Å². The molecule has 10 nitrogen and oxygen atoms in total. The van der Waals surface area contributed by atoms with Crippen LogP contribution < -0.4 is 0 Å². The SMILES string of the molecule is O=S(=O)(O)c1ccc(-c2nc(-c3ccccn3)nnc2-c2ccc(SOOO)cc2)cc1. The highest BCUT2D eigenvalue weighted by molar-refractivity contribution is 7.94. The van der Waals surface area contributed by atoms with Gasteiger partial charge in [-0.25, -0.2) is 10.2 Å². The van der Waals surface area contributed by atoms with Gasteiger partial charge in [-0.15, -0.1) is 14.5 Å². The molecule has 2 N–H and O–H groups in total. The third kappa shape index (κ3) is 4.96. The Morgan fingerprint density at radius 1 is 0.844 bits per heavy atom. The van der Waals surface area contributed by atoms with Crippen molar-refractivity contribution in [2.75, 3.05) is 0 Å². The van der Waals surface area contributed by atoms with E-state index in [4.69, 9.17) is 5.26 Å². The Labute approximate surface area is 186 Å². The molecule has 2 aromatic carbocycles. The van der Waals surface area contributed by atoms with Gasteiger partial charge >= 0.3 is 0 Å². The molecule has 0 fully saturated rings. The number of aromatic nitrogens is 4. The summed E-state index contributed by atoms with van der Waals surface area (Å²) in [6.45, 7) is 0. The first-order valence-electron chi connectivity index (χ1n) is 8.95. The summed E-state index contributed by atoms with van der Waals surface area (Å²) in [7, 11) is -4.33. The van der Waals surface area contributed by atoms with Crippen LogP contribution >= 0.6 is 12.0 Å². The number of pyridine rings is 1. The van der Waals surface area contributed by atoms with Gasteiger partial charge in [0, 0.05) is 22.2 Å². The van der Waals surface area contributed by atoms with Crippen LogP contribution in [-0.2, 0) is 19.5 Å². The zero-order valence-electron chi connectivity index (χ0n) is 16.1. The second-order valence-corrected chi connectivity index (χ2v) is 8.49. The Hall–Kier alpha value is -3.26. The van der Waals surface area contributed by atoms with Crippen LogP contribution in [-0.4, -0.2) is 38.4 Å². The molecule has 12 heteroatoms. The monoisotopic (exact) mass is 470 g/mol. The molecule has 0 saturated heterocycles. The van der Waals surface area contributed by atoms with Gasteiger partial charge in [0.1, 0.15) is 17.1 Å². The summed E-state index contributed by atoms with van der Waals surface area (Å²) < 4.78 is 36.4. The summed E-state index contributed by atoms with van der Waals surface area (Å²) in [5.41, 5.74) is 2.66. The van der Waals surface area contributed by atoms with Crippen molar-refractivity contribution in [3.05, 3.63) is 72.9 Å². The van der Waals surface area contributed by atoms with Crippen LogP contribution in [0.1, 0.15) is 0 Å². The fraction of sp³-hybridized carbons (Fsp3) is 0. The molecule has 0 saturated carbocycles. The summed E-state index contributed by atoms with van der Waals surface area (Å²) in [5, 5.41) is 20.4. The van der Waals surface area contributed by atoms with Crippen LogP contribution in [0, 0.1) is 0 Å². The smallest absolute Gasteiger partial charge is 0.282 e. The molecule has 0 radical (unpaired) electrons. The molecule has 0 spiro atoms. The maximum absolute atomic E-state index is 11.4. The predicted octanol–water partition coefficient (Wildman–Crippen LogP) is 3.94. The Morgan fingerprint density at radius 3 is 2.16 bits per heavy atom. The highest BCUT2D eigenvalue weighted by Gasteiger charge is 2.17. The van der Waals surface area contributed by atoms with Crippen molar-refractivity contribution < 1.29 is 27.6 Å². The van der Waals surface area contributed by atoms with Gasteiger partial charge in [-0.05, 0) is 36.4 Å². The van der Waals surface area contributed by atoms with Gasteiger partial charge < -0.3 is 0 Å². The normalized spacial score (nSPS) is 11.4. The molecule has 4 aromatic rings. The Balaban J connectivity index is 1.81. The van der Waals surface area contributed by atoms with Gasteiger partial charge in [0.05, 0.1) is 16.9 Å². The minimum atomic E-state index is -4.33. The summed E-state index contributed by atoms with van der Waals surface area (Å²) >= 11 is 0.816. The van der Waals surface area contributed by atoms with Gasteiger partial charge in [0.15, 0.2) is 0 Å². The van der Waals surface area contributed by atoms with Crippen molar-refractivity contribution in [3.8, 4) is 34.0 Å². The number of hydrogen-bond acceptors (Lipinski definition) is 10. The zero-order valence-corrected chi connectivity index (χ0v) is 17.7. The first-order valence-corrected chi connectivity index (χ1v) is 11.1. The van der Waals surface area contributed by atoms with E-state index >= 15 is 0 Å². The second kappa shape index (κ2) is 9.48. The van der Waals surface area contributed by atoms with Gasteiger partial charge in [-0.3, -0.25) is 9.54 Å². The summed E-state index contributed by atoms with van der Waals surface area (Å²) in [6, 6.07) is 17.9. The minimum absolute atomic E-state index is 0.234. The minimum Gasteiger partial charge on any atom is -0.282 e. The number of hydrogen-bond donors (Lipinski definition) is 2. The largest absolute Gasteiger partial charge is 0.294 e. The molecular formula is C20H14N4O6S2. The Morgan fingerprint density at radius 2 is 1.53 bits per heavy atom. The molecule has 2 aromatic heterocycles. The van der Waals surface area contributed by atoms with Crippen LogP contribution in [0.4, 0.5) is 0 Å². The van der Waals surface area contributed by atoms with E-state index < -0.39 is 10.1 Å². The predicted molar refractivity (Wildman–Crippen MR) is 114 cm³/mol. The highest BCUT2D eigenvalue weighted by Crippen LogP contribution is 2.31. The molecule has 162 valence electrons. The number of rotatable bonds is 7. The maximum Gasteiger partial charge on any atom is 0.294 e. The Kier molecular flexibility index (Phi) is 6.50. The van der Waals surface area contributed by atoms with Gasteiger partial charge in [0.25, 0.3) is 10.1 Å². The summed E-state index contributed by atoms with van der Waals surface area (Å²) in [6.07, 6.45) is 1.61. The average molecular weight is 470 g/mol. The quantitative estimate of drug-likeness (QED) is 0.175. The van der Waals surface area contributed by atoms with E-state index in [1.807, 2.05) is 0 Å². The topological polar surface area (TPSA) is 145 Å². The average Bonchev–Trinajstić information content (AvgIpc) is 2.83. The van der Waals surface area contributed by atoms with Gasteiger partial charge in [0.2, 0.25) is 5.82 Å². The lowest BCUT2D eigenvalue weighted by Crippen LogP contribution is -2.02. The van der Waals surface area contributed by atoms with E-state index in [1.54, 1.807) is 48.7 Å². The fourth-order valence-electron chi connectivity index (χ4n) is 2.83. The first-order chi connectivity index (χ1) is 15.5. The fourth-order valence-corrected chi connectivity index (χ4v) is 3.67. The van der Waals surface area contributed by atoms with Crippen molar-refractivity contribution >= 4 is 22.2 Å². The van der Waals surface area contributed by atoms with Crippen LogP contribution in [0.2, 0.25) is 0 Å².